The van der Waals surface area contributed by atoms with Crippen LogP contribution in [-0.4, -0.2) is 62.7 Å². The lowest BCUT2D eigenvalue weighted by molar-refractivity contribution is -0.120. The Labute approximate surface area is 194 Å². The van der Waals surface area contributed by atoms with Crippen LogP contribution in [0, 0.1) is 19.8 Å². The SMILES string of the molecule is Cc1noc(C)c1S(=O)(=O)N1CCC(C(=O)Nc2cccc(S(=O)(=O)N3CCCC3)c2)CC1. The second-order valence-corrected chi connectivity index (χ2v) is 12.3. The Kier molecular flexibility index (Phi) is 6.63. The van der Waals surface area contributed by atoms with Crippen molar-refractivity contribution in [1.82, 2.24) is 13.8 Å². The predicted molar refractivity (Wildman–Crippen MR) is 121 cm³/mol. The second-order valence-electron chi connectivity index (χ2n) is 8.46. The molecule has 0 atom stereocenters. The summed E-state index contributed by atoms with van der Waals surface area (Å²) in [7, 11) is -7.32. The number of nitrogens with zero attached hydrogens (tertiary/aromatic N) is 3. The van der Waals surface area contributed by atoms with Gasteiger partial charge < -0.3 is 9.84 Å². The minimum Gasteiger partial charge on any atom is -0.360 e. The number of benzene rings is 1. The first-order valence-electron chi connectivity index (χ1n) is 10.9. The molecular formula is C21H28N4O6S2. The molecule has 0 unspecified atom stereocenters. The highest BCUT2D eigenvalue weighted by molar-refractivity contribution is 7.89. The summed E-state index contributed by atoms with van der Waals surface area (Å²) in [5.74, 6) is -0.379. The van der Waals surface area contributed by atoms with Crippen LogP contribution in [0.1, 0.15) is 37.1 Å². The molecule has 2 aliphatic rings. The molecule has 1 aromatic heterocycles. The fourth-order valence-electron chi connectivity index (χ4n) is 4.39. The van der Waals surface area contributed by atoms with E-state index in [1.807, 2.05) is 0 Å². The van der Waals surface area contributed by atoms with Gasteiger partial charge >= 0.3 is 0 Å². The van der Waals surface area contributed by atoms with Crippen molar-refractivity contribution < 1.29 is 26.2 Å². The molecule has 2 fully saturated rings. The topological polar surface area (TPSA) is 130 Å². The molecule has 2 aliphatic heterocycles. The van der Waals surface area contributed by atoms with E-state index in [0.29, 0.717) is 37.3 Å². The smallest absolute Gasteiger partial charge is 0.248 e. The largest absolute Gasteiger partial charge is 0.360 e. The Morgan fingerprint density at radius 2 is 1.64 bits per heavy atom. The van der Waals surface area contributed by atoms with Crippen molar-refractivity contribution in [1.29, 1.82) is 0 Å². The summed E-state index contributed by atoms with van der Waals surface area (Å²) in [6.45, 7) is 4.57. The van der Waals surface area contributed by atoms with Gasteiger partial charge in [0.1, 0.15) is 10.6 Å². The third-order valence-electron chi connectivity index (χ3n) is 6.19. The van der Waals surface area contributed by atoms with Gasteiger partial charge in [-0.3, -0.25) is 4.79 Å². The molecule has 33 heavy (non-hydrogen) atoms. The Morgan fingerprint density at radius 1 is 1.00 bits per heavy atom. The maximum atomic E-state index is 13.0. The molecule has 12 heteroatoms. The van der Waals surface area contributed by atoms with Crippen LogP contribution >= 0.6 is 0 Å². The van der Waals surface area contributed by atoms with Crippen LogP contribution in [0.15, 0.2) is 38.6 Å². The molecule has 2 saturated heterocycles. The molecular weight excluding hydrogens is 468 g/mol. The van der Waals surface area contributed by atoms with Crippen molar-refractivity contribution in [2.75, 3.05) is 31.5 Å². The van der Waals surface area contributed by atoms with E-state index in [-0.39, 0.29) is 40.5 Å². The summed E-state index contributed by atoms with van der Waals surface area (Å²) in [4.78, 5) is 13.1. The Hall–Kier alpha value is -2.28. The van der Waals surface area contributed by atoms with Crippen molar-refractivity contribution in [3.63, 3.8) is 0 Å². The zero-order chi connectivity index (χ0) is 23.8. The molecule has 2 aromatic rings. The number of sulfonamides is 2. The maximum absolute atomic E-state index is 13.0. The first-order chi connectivity index (χ1) is 15.6. The highest BCUT2D eigenvalue weighted by atomic mass is 32.2. The molecule has 3 heterocycles. The lowest BCUT2D eigenvalue weighted by Crippen LogP contribution is -2.41. The van der Waals surface area contributed by atoms with Gasteiger partial charge in [0.25, 0.3) is 0 Å². The van der Waals surface area contributed by atoms with E-state index in [4.69, 9.17) is 4.52 Å². The van der Waals surface area contributed by atoms with E-state index in [1.54, 1.807) is 26.0 Å². The normalized spacial score (nSPS) is 19.1. The Balaban J connectivity index is 1.40. The molecule has 0 aliphatic carbocycles. The minimum atomic E-state index is -3.74. The van der Waals surface area contributed by atoms with Crippen LogP contribution in [0.3, 0.4) is 0 Å². The third kappa shape index (κ3) is 4.70. The molecule has 180 valence electrons. The fourth-order valence-corrected chi connectivity index (χ4v) is 7.71. The van der Waals surface area contributed by atoms with Crippen LogP contribution in [-0.2, 0) is 24.8 Å². The summed E-state index contributed by atoms with van der Waals surface area (Å²) < 4.78 is 59.3. The van der Waals surface area contributed by atoms with E-state index in [1.165, 1.54) is 20.7 Å². The lowest BCUT2D eigenvalue weighted by atomic mass is 9.97. The van der Waals surface area contributed by atoms with Gasteiger partial charge in [0, 0.05) is 37.8 Å². The van der Waals surface area contributed by atoms with Gasteiger partial charge in [-0.05, 0) is 57.7 Å². The maximum Gasteiger partial charge on any atom is 0.248 e. The number of piperidine rings is 1. The van der Waals surface area contributed by atoms with Crippen molar-refractivity contribution >= 4 is 31.6 Å². The molecule has 1 aromatic carbocycles. The summed E-state index contributed by atoms with van der Waals surface area (Å²) >= 11 is 0. The zero-order valence-electron chi connectivity index (χ0n) is 18.7. The number of aryl methyl sites for hydroxylation is 2. The molecule has 0 radical (unpaired) electrons. The van der Waals surface area contributed by atoms with Crippen molar-refractivity contribution in [3.8, 4) is 0 Å². The molecule has 0 bridgehead atoms. The monoisotopic (exact) mass is 496 g/mol. The molecule has 4 rings (SSSR count). The number of anilines is 1. The third-order valence-corrected chi connectivity index (χ3v) is 10.2. The molecule has 0 saturated carbocycles. The molecule has 0 spiro atoms. The van der Waals surface area contributed by atoms with E-state index >= 15 is 0 Å². The zero-order valence-corrected chi connectivity index (χ0v) is 20.3. The highest BCUT2D eigenvalue weighted by Gasteiger charge is 2.35. The predicted octanol–water partition coefficient (Wildman–Crippen LogP) is 2.12. The quantitative estimate of drug-likeness (QED) is 0.648. The molecule has 10 nitrogen and oxygen atoms in total. The van der Waals surface area contributed by atoms with Crippen LogP contribution in [0.25, 0.3) is 0 Å². The van der Waals surface area contributed by atoms with E-state index in [2.05, 4.69) is 10.5 Å². The van der Waals surface area contributed by atoms with Crippen LogP contribution in [0.4, 0.5) is 5.69 Å². The number of carbonyl (C=O) groups excluding carboxylic acids is 1. The summed E-state index contributed by atoms with van der Waals surface area (Å²) in [6.07, 6.45) is 2.42. The second kappa shape index (κ2) is 9.16. The average molecular weight is 497 g/mol. The van der Waals surface area contributed by atoms with Gasteiger partial charge in [0.2, 0.25) is 26.0 Å². The standard InChI is InChI=1S/C21H28N4O6S2/c1-15-20(16(2)31-23-15)33(29,30)25-12-8-17(9-13-25)21(26)22-18-6-5-7-19(14-18)32(27,28)24-10-3-4-11-24/h5-7,14,17H,3-4,8-13H2,1-2H3,(H,22,26). The van der Waals surface area contributed by atoms with Gasteiger partial charge in [-0.1, -0.05) is 11.2 Å². The number of rotatable bonds is 6. The van der Waals surface area contributed by atoms with Crippen LogP contribution < -0.4 is 5.32 Å². The van der Waals surface area contributed by atoms with Crippen LogP contribution in [0.5, 0.6) is 0 Å². The first kappa shape index (κ1) is 23.9. The van der Waals surface area contributed by atoms with E-state index < -0.39 is 20.0 Å². The van der Waals surface area contributed by atoms with E-state index in [9.17, 15) is 21.6 Å². The lowest BCUT2D eigenvalue weighted by Gasteiger charge is -2.30. The van der Waals surface area contributed by atoms with Crippen molar-refractivity contribution in [3.05, 3.63) is 35.7 Å². The van der Waals surface area contributed by atoms with Crippen molar-refractivity contribution in [2.24, 2.45) is 5.92 Å². The summed E-state index contributed by atoms with van der Waals surface area (Å²) in [5.41, 5.74) is 0.724. The summed E-state index contributed by atoms with van der Waals surface area (Å²) in [6, 6.07) is 6.26. The Bertz CT molecular complexity index is 1220. The Morgan fingerprint density at radius 3 is 2.24 bits per heavy atom. The van der Waals surface area contributed by atoms with E-state index in [0.717, 1.165) is 12.8 Å². The fraction of sp³-hybridized carbons (Fsp3) is 0.524. The summed E-state index contributed by atoms with van der Waals surface area (Å²) in [5, 5.41) is 6.53. The number of carbonyl (C=O) groups is 1. The first-order valence-corrected chi connectivity index (χ1v) is 13.8. The van der Waals surface area contributed by atoms with Crippen molar-refractivity contribution in [2.45, 2.75) is 49.3 Å². The minimum absolute atomic E-state index is 0.0847. The van der Waals surface area contributed by atoms with Gasteiger partial charge in [-0.2, -0.15) is 8.61 Å². The average Bonchev–Trinajstić information content (AvgIpc) is 3.44. The van der Waals surface area contributed by atoms with Gasteiger partial charge in [-0.15, -0.1) is 0 Å². The highest BCUT2D eigenvalue weighted by Crippen LogP contribution is 2.29. The number of hydrogen-bond acceptors (Lipinski definition) is 7. The number of nitrogens with one attached hydrogen (secondary N) is 1. The molecule has 1 N–H and O–H groups in total. The number of hydrogen-bond donors (Lipinski definition) is 1. The van der Waals surface area contributed by atoms with Gasteiger partial charge in [0.05, 0.1) is 4.90 Å². The number of aromatic nitrogens is 1. The molecule has 1 amide bonds. The number of amides is 1. The van der Waals surface area contributed by atoms with Gasteiger partial charge in [0.15, 0.2) is 5.76 Å². The van der Waals surface area contributed by atoms with Crippen LogP contribution in [0.2, 0.25) is 0 Å². The van der Waals surface area contributed by atoms with Gasteiger partial charge in [-0.25, -0.2) is 16.8 Å².